The number of aromatic nitrogens is 1. The zero-order valence-electron chi connectivity index (χ0n) is 19.8. The van der Waals surface area contributed by atoms with Crippen LogP contribution in [0.4, 0.5) is 11.4 Å². The molecular weight excluding hydrogens is 470 g/mol. The van der Waals surface area contributed by atoms with E-state index in [0.29, 0.717) is 31.9 Å². The third kappa shape index (κ3) is 4.87. The Kier molecular flexibility index (Phi) is 7.08. The molecule has 0 spiro atoms. The van der Waals surface area contributed by atoms with Crippen molar-refractivity contribution in [3.05, 3.63) is 64.3 Å². The highest BCUT2D eigenvalue weighted by Crippen LogP contribution is 2.32. The monoisotopic (exact) mass is 499 g/mol. The number of rotatable bonds is 8. The van der Waals surface area contributed by atoms with Crippen molar-refractivity contribution in [3.63, 3.8) is 0 Å². The number of H-pyrrole nitrogens is 1. The predicted molar refractivity (Wildman–Crippen MR) is 134 cm³/mol. The van der Waals surface area contributed by atoms with Crippen LogP contribution in [0.1, 0.15) is 19.4 Å². The number of benzene rings is 2. The summed E-state index contributed by atoms with van der Waals surface area (Å²) in [7, 11) is -3.81. The lowest BCUT2D eigenvalue weighted by molar-refractivity contribution is -0.384. The number of nitro groups is 1. The van der Waals surface area contributed by atoms with Gasteiger partial charge in [0.2, 0.25) is 15.9 Å². The van der Waals surface area contributed by atoms with Crippen LogP contribution in [0, 0.1) is 10.1 Å². The molecule has 0 atom stereocenters. The van der Waals surface area contributed by atoms with E-state index in [1.54, 1.807) is 18.7 Å². The Balaban J connectivity index is 1.47. The first-order valence-electron chi connectivity index (χ1n) is 11.6. The number of hydrogen-bond acceptors (Lipinski definition) is 6. The molecule has 3 aromatic rings. The first-order chi connectivity index (χ1) is 16.8. The van der Waals surface area contributed by atoms with Crippen LogP contribution in [0.2, 0.25) is 0 Å². The molecule has 1 fully saturated rings. The van der Waals surface area contributed by atoms with E-state index in [1.807, 2.05) is 35.4 Å². The number of para-hydroxylation sites is 1. The zero-order valence-corrected chi connectivity index (χ0v) is 20.6. The molecule has 186 valence electrons. The Morgan fingerprint density at radius 1 is 1.09 bits per heavy atom. The fourth-order valence-electron chi connectivity index (χ4n) is 4.54. The standard InChI is InChI=1S/C24H29N5O5S/c1-3-28(4-2)35(33,34)19-9-10-22(23(16-19)29(31)32)26-11-13-27(14-12-26)24(30)15-18-17-25-21-8-6-5-7-20(18)21/h5-10,16-17,25H,3-4,11-15H2,1-2H3. The minimum absolute atomic E-state index is 0.00423. The smallest absolute Gasteiger partial charge is 0.293 e. The van der Waals surface area contributed by atoms with E-state index in [-0.39, 0.29) is 36.0 Å². The Labute approximate surface area is 204 Å². The molecular formula is C24H29N5O5S. The van der Waals surface area contributed by atoms with E-state index in [2.05, 4.69) is 4.98 Å². The van der Waals surface area contributed by atoms with Gasteiger partial charge in [-0.25, -0.2) is 8.42 Å². The summed E-state index contributed by atoms with van der Waals surface area (Å²) < 4.78 is 26.9. The van der Waals surface area contributed by atoms with Gasteiger partial charge in [0, 0.05) is 62.4 Å². The quantitative estimate of drug-likeness (QED) is 0.376. The molecule has 1 N–H and O–H groups in total. The molecule has 0 radical (unpaired) electrons. The summed E-state index contributed by atoms with van der Waals surface area (Å²) in [5, 5.41) is 12.8. The van der Waals surface area contributed by atoms with E-state index < -0.39 is 14.9 Å². The number of piperazine rings is 1. The largest absolute Gasteiger partial charge is 0.362 e. The second kappa shape index (κ2) is 10.0. The highest BCUT2D eigenvalue weighted by atomic mass is 32.2. The Hall–Kier alpha value is -3.44. The summed E-state index contributed by atoms with van der Waals surface area (Å²) in [5.74, 6) is 0.00423. The van der Waals surface area contributed by atoms with Crippen molar-refractivity contribution < 1.29 is 18.1 Å². The molecule has 1 saturated heterocycles. The lowest BCUT2D eigenvalue weighted by Crippen LogP contribution is -2.49. The summed E-state index contributed by atoms with van der Waals surface area (Å²) in [6, 6.07) is 11.9. The van der Waals surface area contributed by atoms with Gasteiger partial charge in [-0.1, -0.05) is 32.0 Å². The number of carbonyl (C=O) groups is 1. The number of fused-ring (bicyclic) bond motifs is 1. The third-order valence-corrected chi connectivity index (χ3v) is 8.52. The average molecular weight is 500 g/mol. The van der Waals surface area contributed by atoms with Crippen molar-refractivity contribution in [1.82, 2.24) is 14.2 Å². The van der Waals surface area contributed by atoms with Crippen molar-refractivity contribution in [3.8, 4) is 0 Å². The van der Waals surface area contributed by atoms with E-state index in [0.717, 1.165) is 22.5 Å². The number of carbonyl (C=O) groups excluding carboxylic acids is 1. The lowest BCUT2D eigenvalue weighted by atomic mass is 10.1. The van der Waals surface area contributed by atoms with E-state index in [1.165, 1.54) is 16.4 Å². The van der Waals surface area contributed by atoms with Crippen LogP contribution < -0.4 is 4.90 Å². The van der Waals surface area contributed by atoms with Gasteiger partial charge >= 0.3 is 0 Å². The van der Waals surface area contributed by atoms with Crippen LogP contribution >= 0.6 is 0 Å². The number of hydrogen-bond donors (Lipinski definition) is 1. The van der Waals surface area contributed by atoms with Crippen LogP contribution in [-0.4, -0.2) is 72.7 Å². The maximum absolute atomic E-state index is 12.9. The number of aromatic amines is 1. The third-order valence-electron chi connectivity index (χ3n) is 6.48. The minimum atomic E-state index is -3.81. The molecule has 2 heterocycles. The molecule has 1 aromatic heterocycles. The van der Waals surface area contributed by atoms with Gasteiger partial charge in [-0.05, 0) is 23.8 Å². The summed E-state index contributed by atoms with van der Waals surface area (Å²) in [5.41, 5.74) is 2.03. The fourth-order valence-corrected chi connectivity index (χ4v) is 6.02. The second-order valence-electron chi connectivity index (χ2n) is 8.40. The van der Waals surface area contributed by atoms with Gasteiger partial charge in [-0.3, -0.25) is 14.9 Å². The highest BCUT2D eigenvalue weighted by Gasteiger charge is 2.29. The first-order valence-corrected chi connectivity index (χ1v) is 13.1. The van der Waals surface area contributed by atoms with E-state index >= 15 is 0 Å². The number of nitrogens with one attached hydrogen (secondary N) is 1. The van der Waals surface area contributed by atoms with Gasteiger partial charge in [0.15, 0.2) is 0 Å². The van der Waals surface area contributed by atoms with E-state index in [9.17, 15) is 23.3 Å². The van der Waals surface area contributed by atoms with Gasteiger partial charge in [0.1, 0.15) is 5.69 Å². The fraction of sp³-hybridized carbons (Fsp3) is 0.375. The molecule has 2 aromatic carbocycles. The number of sulfonamides is 1. The van der Waals surface area contributed by atoms with Crippen molar-refractivity contribution in [2.75, 3.05) is 44.2 Å². The molecule has 11 heteroatoms. The normalized spacial score (nSPS) is 14.6. The first kappa shape index (κ1) is 24.7. The molecule has 0 bridgehead atoms. The number of nitro benzene ring substituents is 1. The van der Waals surface area contributed by atoms with Crippen LogP contribution in [0.5, 0.6) is 0 Å². The topological polar surface area (TPSA) is 120 Å². The maximum Gasteiger partial charge on any atom is 0.293 e. The minimum Gasteiger partial charge on any atom is -0.362 e. The maximum atomic E-state index is 12.9. The van der Waals surface area contributed by atoms with Crippen LogP contribution in [0.3, 0.4) is 0 Å². The zero-order chi connectivity index (χ0) is 25.2. The lowest BCUT2D eigenvalue weighted by Gasteiger charge is -2.36. The molecule has 10 nitrogen and oxygen atoms in total. The second-order valence-corrected chi connectivity index (χ2v) is 10.3. The molecule has 1 aliphatic rings. The molecule has 35 heavy (non-hydrogen) atoms. The summed E-state index contributed by atoms with van der Waals surface area (Å²) in [6.45, 7) is 5.71. The number of anilines is 1. The Morgan fingerprint density at radius 2 is 1.77 bits per heavy atom. The summed E-state index contributed by atoms with van der Waals surface area (Å²) in [4.78, 5) is 30.9. The molecule has 4 rings (SSSR count). The summed E-state index contributed by atoms with van der Waals surface area (Å²) >= 11 is 0. The molecule has 0 unspecified atom stereocenters. The van der Waals surface area contributed by atoms with Crippen molar-refractivity contribution >= 4 is 38.2 Å². The van der Waals surface area contributed by atoms with Crippen LogP contribution in [0.15, 0.2) is 53.6 Å². The molecule has 1 aliphatic heterocycles. The van der Waals surface area contributed by atoms with Crippen molar-refractivity contribution in [1.29, 1.82) is 0 Å². The van der Waals surface area contributed by atoms with Crippen molar-refractivity contribution in [2.45, 2.75) is 25.2 Å². The Morgan fingerprint density at radius 3 is 2.43 bits per heavy atom. The molecule has 0 saturated carbocycles. The SMILES string of the molecule is CCN(CC)S(=O)(=O)c1ccc(N2CCN(C(=O)Cc3c[nH]c4ccccc34)CC2)c([N+](=O)[O-])c1. The van der Waals surface area contributed by atoms with Gasteiger partial charge in [0.05, 0.1) is 16.2 Å². The van der Waals surface area contributed by atoms with E-state index in [4.69, 9.17) is 0 Å². The molecule has 1 amide bonds. The van der Waals surface area contributed by atoms with Gasteiger partial charge in [0.25, 0.3) is 5.69 Å². The van der Waals surface area contributed by atoms with Crippen LogP contribution in [0.25, 0.3) is 10.9 Å². The average Bonchev–Trinajstić information content (AvgIpc) is 3.27. The predicted octanol–water partition coefficient (Wildman–Crippen LogP) is 3.00. The highest BCUT2D eigenvalue weighted by molar-refractivity contribution is 7.89. The number of amides is 1. The number of nitrogens with zero attached hydrogens (tertiary/aromatic N) is 4. The van der Waals surface area contributed by atoms with Crippen molar-refractivity contribution in [2.24, 2.45) is 0 Å². The van der Waals surface area contributed by atoms with Gasteiger partial charge in [-0.2, -0.15) is 4.31 Å². The van der Waals surface area contributed by atoms with Crippen LogP contribution in [-0.2, 0) is 21.2 Å². The summed E-state index contributed by atoms with van der Waals surface area (Å²) in [6.07, 6.45) is 2.14. The van der Waals surface area contributed by atoms with Gasteiger partial charge < -0.3 is 14.8 Å². The Bertz CT molecular complexity index is 1340. The van der Waals surface area contributed by atoms with Gasteiger partial charge in [-0.15, -0.1) is 0 Å². The molecule has 0 aliphatic carbocycles.